The average Bonchev–Trinajstić information content (AvgIpc) is 2.24. The van der Waals surface area contributed by atoms with Crippen LogP contribution in [0.15, 0.2) is 18.3 Å². The first-order chi connectivity index (χ1) is 7.59. The number of nitrogens with two attached hydrogens (primary N) is 1. The normalized spacial score (nSPS) is 17.6. The highest BCUT2D eigenvalue weighted by molar-refractivity contribution is 7.80. The first-order valence-electron chi connectivity index (χ1n) is 5.59. The number of hydrogen-bond acceptors (Lipinski definition) is 3. The molecule has 4 heteroatoms. The Morgan fingerprint density at radius 3 is 2.94 bits per heavy atom. The van der Waals surface area contributed by atoms with Crippen LogP contribution in [0.1, 0.15) is 31.9 Å². The van der Waals surface area contributed by atoms with Crippen LogP contribution in [0.4, 0.5) is 5.69 Å². The SMILES string of the molecule is CC1(CNc2ccnc(C(N)=S)c2)CCC1. The number of nitrogens with one attached hydrogen (secondary N) is 1. The third-order valence-corrected chi connectivity index (χ3v) is 3.50. The maximum Gasteiger partial charge on any atom is 0.122 e. The molecule has 1 fully saturated rings. The van der Waals surface area contributed by atoms with Gasteiger partial charge >= 0.3 is 0 Å². The summed E-state index contributed by atoms with van der Waals surface area (Å²) in [4.78, 5) is 4.46. The molecular weight excluding hydrogens is 218 g/mol. The van der Waals surface area contributed by atoms with E-state index in [1.54, 1.807) is 6.20 Å². The van der Waals surface area contributed by atoms with Gasteiger partial charge in [0.15, 0.2) is 0 Å². The minimum absolute atomic E-state index is 0.346. The van der Waals surface area contributed by atoms with Gasteiger partial charge in [-0.3, -0.25) is 4.98 Å². The third-order valence-electron chi connectivity index (χ3n) is 3.29. The zero-order valence-corrected chi connectivity index (χ0v) is 10.3. The average molecular weight is 235 g/mol. The number of thiocarbonyl (C=S) groups is 1. The van der Waals surface area contributed by atoms with Crippen molar-refractivity contribution in [3.8, 4) is 0 Å². The Hall–Kier alpha value is -1.16. The van der Waals surface area contributed by atoms with E-state index in [0.717, 1.165) is 12.2 Å². The van der Waals surface area contributed by atoms with E-state index < -0.39 is 0 Å². The van der Waals surface area contributed by atoms with Gasteiger partial charge in [0.05, 0.1) is 5.69 Å². The van der Waals surface area contributed by atoms with Crippen LogP contribution < -0.4 is 11.1 Å². The molecule has 0 aromatic carbocycles. The summed E-state index contributed by atoms with van der Waals surface area (Å²) in [5.41, 5.74) is 7.73. The smallest absolute Gasteiger partial charge is 0.122 e. The molecule has 1 aliphatic carbocycles. The highest BCUT2D eigenvalue weighted by atomic mass is 32.1. The van der Waals surface area contributed by atoms with Crippen molar-refractivity contribution in [2.24, 2.45) is 11.1 Å². The van der Waals surface area contributed by atoms with Crippen molar-refractivity contribution >= 4 is 22.9 Å². The topological polar surface area (TPSA) is 50.9 Å². The summed E-state index contributed by atoms with van der Waals surface area (Å²) in [6.45, 7) is 3.33. The first-order valence-corrected chi connectivity index (χ1v) is 6.00. The molecule has 0 spiro atoms. The lowest BCUT2D eigenvalue weighted by molar-refractivity contribution is 0.180. The first kappa shape index (κ1) is 11.3. The summed E-state index contributed by atoms with van der Waals surface area (Å²) in [5, 5.41) is 3.43. The Morgan fingerprint density at radius 1 is 1.62 bits per heavy atom. The number of rotatable bonds is 4. The van der Waals surface area contributed by atoms with Crippen LogP contribution in [0.2, 0.25) is 0 Å². The predicted octanol–water partition coefficient (Wildman–Crippen LogP) is 2.32. The van der Waals surface area contributed by atoms with Gasteiger partial charge in [-0.15, -0.1) is 0 Å². The van der Waals surface area contributed by atoms with Crippen molar-refractivity contribution in [1.29, 1.82) is 0 Å². The molecule has 3 N–H and O–H groups in total. The van der Waals surface area contributed by atoms with Crippen molar-refractivity contribution in [2.45, 2.75) is 26.2 Å². The molecule has 3 nitrogen and oxygen atoms in total. The fourth-order valence-electron chi connectivity index (χ4n) is 1.95. The van der Waals surface area contributed by atoms with E-state index in [1.165, 1.54) is 19.3 Å². The summed E-state index contributed by atoms with van der Waals surface area (Å²) in [6, 6.07) is 3.86. The van der Waals surface area contributed by atoms with E-state index >= 15 is 0 Å². The molecule has 0 bridgehead atoms. The molecule has 0 aliphatic heterocycles. The molecular formula is C12H17N3S. The number of nitrogens with zero attached hydrogens (tertiary/aromatic N) is 1. The number of pyridine rings is 1. The second-order valence-corrected chi connectivity index (χ2v) is 5.25. The minimum Gasteiger partial charge on any atom is -0.388 e. The van der Waals surface area contributed by atoms with Crippen LogP contribution >= 0.6 is 12.2 Å². The largest absolute Gasteiger partial charge is 0.388 e. The van der Waals surface area contributed by atoms with E-state index in [1.807, 2.05) is 12.1 Å². The Labute approximate surface area is 101 Å². The molecule has 16 heavy (non-hydrogen) atoms. The van der Waals surface area contributed by atoms with Crippen molar-refractivity contribution < 1.29 is 0 Å². The van der Waals surface area contributed by atoms with Crippen molar-refractivity contribution in [3.63, 3.8) is 0 Å². The van der Waals surface area contributed by atoms with Crippen molar-refractivity contribution in [3.05, 3.63) is 24.0 Å². The van der Waals surface area contributed by atoms with Gasteiger partial charge in [-0.05, 0) is 30.4 Å². The standard InChI is InChI=1S/C12H17N3S/c1-12(4-2-5-12)8-15-9-3-6-14-10(7-9)11(13)16/h3,6-7H,2,4-5,8H2,1H3,(H2,13,16)(H,14,15). The lowest BCUT2D eigenvalue weighted by Crippen LogP contribution is -2.33. The van der Waals surface area contributed by atoms with Gasteiger partial charge in [-0.2, -0.15) is 0 Å². The minimum atomic E-state index is 0.346. The summed E-state index contributed by atoms with van der Waals surface area (Å²) in [5.74, 6) is 0. The molecule has 1 saturated carbocycles. The third kappa shape index (κ3) is 2.50. The highest BCUT2D eigenvalue weighted by Gasteiger charge is 2.31. The Balaban J connectivity index is 1.98. The van der Waals surface area contributed by atoms with E-state index in [9.17, 15) is 0 Å². The fraction of sp³-hybridized carbons (Fsp3) is 0.500. The van der Waals surface area contributed by atoms with Crippen molar-refractivity contribution in [2.75, 3.05) is 11.9 Å². The van der Waals surface area contributed by atoms with Gasteiger partial charge in [-0.25, -0.2) is 0 Å². The molecule has 1 aliphatic rings. The van der Waals surface area contributed by atoms with Gasteiger partial charge in [0.1, 0.15) is 4.99 Å². The van der Waals surface area contributed by atoms with E-state index in [0.29, 0.717) is 16.1 Å². The molecule has 0 amide bonds. The molecule has 86 valence electrons. The monoisotopic (exact) mass is 235 g/mol. The predicted molar refractivity (Wildman–Crippen MR) is 70.6 cm³/mol. The Bertz CT molecular complexity index is 399. The van der Waals surface area contributed by atoms with Gasteiger partial charge in [0, 0.05) is 18.4 Å². The molecule has 0 saturated heterocycles. The summed E-state index contributed by atoms with van der Waals surface area (Å²) in [7, 11) is 0. The maximum absolute atomic E-state index is 5.54. The zero-order valence-electron chi connectivity index (χ0n) is 9.49. The van der Waals surface area contributed by atoms with Crippen LogP contribution in [-0.2, 0) is 0 Å². The lowest BCUT2D eigenvalue weighted by atomic mass is 9.70. The second-order valence-electron chi connectivity index (χ2n) is 4.81. The van der Waals surface area contributed by atoms with Crippen molar-refractivity contribution in [1.82, 2.24) is 4.98 Å². The van der Waals surface area contributed by atoms with Crippen LogP contribution in [-0.4, -0.2) is 16.5 Å². The van der Waals surface area contributed by atoms with Gasteiger partial charge in [0.25, 0.3) is 0 Å². The summed E-state index contributed by atoms with van der Waals surface area (Å²) >= 11 is 4.90. The second kappa shape index (κ2) is 4.37. The van der Waals surface area contributed by atoms with Crippen LogP contribution in [0, 0.1) is 5.41 Å². The fourth-order valence-corrected chi connectivity index (χ4v) is 2.06. The summed E-state index contributed by atoms with van der Waals surface area (Å²) < 4.78 is 0. The molecule has 1 heterocycles. The van der Waals surface area contributed by atoms with Crippen LogP contribution in [0.5, 0.6) is 0 Å². The molecule has 0 atom stereocenters. The highest BCUT2D eigenvalue weighted by Crippen LogP contribution is 2.40. The van der Waals surface area contributed by atoms with Gasteiger partial charge in [0.2, 0.25) is 0 Å². The van der Waals surface area contributed by atoms with Crippen LogP contribution in [0.3, 0.4) is 0 Å². The summed E-state index contributed by atoms with van der Waals surface area (Å²) in [6.07, 6.45) is 5.72. The van der Waals surface area contributed by atoms with Gasteiger partial charge in [-0.1, -0.05) is 25.6 Å². The number of aromatic nitrogens is 1. The van der Waals surface area contributed by atoms with Crippen LogP contribution in [0.25, 0.3) is 0 Å². The number of anilines is 1. The molecule has 0 radical (unpaired) electrons. The van der Waals surface area contributed by atoms with E-state index in [2.05, 4.69) is 17.2 Å². The Kier molecular flexibility index (Phi) is 3.10. The Morgan fingerprint density at radius 2 is 2.38 bits per heavy atom. The van der Waals surface area contributed by atoms with E-state index in [4.69, 9.17) is 18.0 Å². The zero-order chi connectivity index (χ0) is 11.6. The molecule has 0 unspecified atom stereocenters. The maximum atomic E-state index is 5.54. The number of hydrogen-bond donors (Lipinski definition) is 2. The lowest BCUT2D eigenvalue weighted by Gasteiger charge is -2.38. The quantitative estimate of drug-likeness (QED) is 0.786. The molecule has 1 aromatic heterocycles. The molecule has 1 aromatic rings. The molecule has 2 rings (SSSR count). The van der Waals surface area contributed by atoms with E-state index in [-0.39, 0.29) is 0 Å². The van der Waals surface area contributed by atoms with Gasteiger partial charge < -0.3 is 11.1 Å².